The van der Waals surface area contributed by atoms with Gasteiger partial charge in [0.15, 0.2) is 5.69 Å². The number of carbonyl (C=O) groups is 1. The smallest absolute Gasteiger partial charge is 0.358 e. The molecule has 1 aromatic heterocycles. The van der Waals surface area contributed by atoms with E-state index in [1.807, 2.05) is 38.1 Å². The second-order valence-electron chi connectivity index (χ2n) is 5.10. The van der Waals surface area contributed by atoms with E-state index >= 15 is 0 Å². The summed E-state index contributed by atoms with van der Waals surface area (Å²) in [5.74, 6) is -1.10. The van der Waals surface area contributed by atoms with Gasteiger partial charge in [0.05, 0.1) is 18.3 Å². The van der Waals surface area contributed by atoms with Crippen molar-refractivity contribution in [2.24, 2.45) is 0 Å². The maximum atomic E-state index is 11.3. The summed E-state index contributed by atoms with van der Waals surface area (Å²) in [5, 5.41) is 26.6. The van der Waals surface area contributed by atoms with E-state index in [9.17, 15) is 15.0 Å². The molecule has 21 heavy (non-hydrogen) atoms. The van der Waals surface area contributed by atoms with Crippen LogP contribution in [0.1, 0.15) is 40.7 Å². The van der Waals surface area contributed by atoms with E-state index in [1.54, 1.807) is 0 Å². The molecule has 0 radical (unpaired) electrons. The van der Waals surface area contributed by atoms with Gasteiger partial charge in [-0.05, 0) is 18.9 Å². The summed E-state index contributed by atoms with van der Waals surface area (Å²) >= 11 is 0. The lowest BCUT2D eigenvalue weighted by Gasteiger charge is -2.11. The van der Waals surface area contributed by atoms with Gasteiger partial charge < -0.3 is 10.2 Å². The minimum atomic E-state index is -1.10. The van der Waals surface area contributed by atoms with Crippen molar-refractivity contribution in [3.8, 4) is 0 Å². The maximum Gasteiger partial charge on any atom is 0.358 e. The Balaban J connectivity index is 2.34. The first-order valence-corrected chi connectivity index (χ1v) is 6.90. The Bertz CT molecular complexity index is 637. The summed E-state index contributed by atoms with van der Waals surface area (Å²) in [6, 6.07) is 7.85. The van der Waals surface area contributed by atoms with E-state index in [0.29, 0.717) is 18.5 Å². The highest BCUT2D eigenvalue weighted by molar-refractivity contribution is 5.86. The molecule has 1 aromatic carbocycles. The molecular formula is C15H19N3O3. The minimum Gasteiger partial charge on any atom is -0.476 e. The fraction of sp³-hybridized carbons (Fsp3) is 0.400. The number of hydrogen-bond acceptors (Lipinski definition) is 4. The van der Waals surface area contributed by atoms with Gasteiger partial charge in [0.2, 0.25) is 0 Å². The first kappa shape index (κ1) is 15.2. The topological polar surface area (TPSA) is 88.2 Å². The Hall–Kier alpha value is -2.21. The minimum absolute atomic E-state index is 0.0557. The number of aliphatic hydroxyl groups is 1. The summed E-state index contributed by atoms with van der Waals surface area (Å²) < 4.78 is 1.49. The Morgan fingerprint density at radius 3 is 2.81 bits per heavy atom. The molecule has 2 rings (SSSR count). The van der Waals surface area contributed by atoms with Gasteiger partial charge in [-0.3, -0.25) is 0 Å². The Kier molecular flexibility index (Phi) is 4.70. The van der Waals surface area contributed by atoms with Crippen LogP contribution in [-0.2, 0) is 13.0 Å². The molecule has 112 valence electrons. The van der Waals surface area contributed by atoms with Crippen LogP contribution in [0.15, 0.2) is 24.3 Å². The molecule has 6 nitrogen and oxygen atoms in total. The van der Waals surface area contributed by atoms with Gasteiger partial charge in [0.25, 0.3) is 0 Å². The predicted molar refractivity (Wildman–Crippen MR) is 77.3 cm³/mol. The highest BCUT2D eigenvalue weighted by Crippen LogP contribution is 2.15. The molecule has 0 aliphatic heterocycles. The fourth-order valence-corrected chi connectivity index (χ4v) is 2.16. The molecule has 1 unspecified atom stereocenters. The molecule has 0 fully saturated rings. The zero-order chi connectivity index (χ0) is 15.4. The van der Waals surface area contributed by atoms with Crippen LogP contribution in [0.25, 0.3) is 0 Å². The zero-order valence-corrected chi connectivity index (χ0v) is 12.2. The summed E-state index contributed by atoms with van der Waals surface area (Å²) in [5.41, 5.74) is 2.56. The molecule has 0 aliphatic carbocycles. The van der Waals surface area contributed by atoms with Crippen LogP contribution >= 0.6 is 0 Å². The van der Waals surface area contributed by atoms with Crippen molar-refractivity contribution in [2.45, 2.75) is 39.3 Å². The molecule has 0 aliphatic rings. The van der Waals surface area contributed by atoms with Gasteiger partial charge in [-0.15, -0.1) is 5.10 Å². The normalized spacial score (nSPS) is 12.3. The molecule has 0 saturated heterocycles. The van der Waals surface area contributed by atoms with Crippen LogP contribution in [0.4, 0.5) is 0 Å². The molecule has 6 heteroatoms. The summed E-state index contributed by atoms with van der Waals surface area (Å²) in [6.07, 6.45) is 0.434. The molecule has 1 atom stereocenters. The number of aromatic nitrogens is 3. The van der Waals surface area contributed by atoms with Gasteiger partial charge in [0, 0.05) is 6.42 Å². The van der Waals surface area contributed by atoms with Crippen LogP contribution in [0.3, 0.4) is 0 Å². The van der Waals surface area contributed by atoms with Crippen LogP contribution in [-0.4, -0.2) is 37.3 Å². The zero-order valence-electron chi connectivity index (χ0n) is 12.2. The monoisotopic (exact) mass is 289 g/mol. The fourth-order valence-electron chi connectivity index (χ4n) is 2.16. The molecule has 0 bridgehead atoms. The molecule has 0 spiro atoms. The number of benzene rings is 1. The molecule has 0 amide bonds. The van der Waals surface area contributed by atoms with Crippen molar-refractivity contribution in [1.29, 1.82) is 0 Å². The third kappa shape index (κ3) is 3.66. The maximum absolute atomic E-state index is 11.3. The lowest BCUT2D eigenvalue weighted by Crippen LogP contribution is -2.18. The van der Waals surface area contributed by atoms with Crippen molar-refractivity contribution < 1.29 is 15.0 Å². The Labute approximate surface area is 123 Å². The number of rotatable bonds is 6. The molecule has 0 saturated carbocycles. The van der Waals surface area contributed by atoms with Gasteiger partial charge in [0.1, 0.15) is 0 Å². The largest absolute Gasteiger partial charge is 0.476 e. The number of aromatic carboxylic acids is 1. The predicted octanol–water partition coefficient (Wildman–Crippen LogP) is 1.65. The van der Waals surface area contributed by atoms with Crippen LogP contribution in [0.2, 0.25) is 0 Å². The van der Waals surface area contributed by atoms with Crippen molar-refractivity contribution in [3.63, 3.8) is 0 Å². The van der Waals surface area contributed by atoms with E-state index in [0.717, 1.165) is 11.1 Å². The van der Waals surface area contributed by atoms with Gasteiger partial charge in [-0.2, -0.15) is 0 Å². The van der Waals surface area contributed by atoms with Crippen LogP contribution < -0.4 is 0 Å². The average Bonchev–Trinajstić information content (AvgIpc) is 2.82. The van der Waals surface area contributed by atoms with E-state index in [4.69, 9.17) is 0 Å². The number of carboxylic acid groups (broad SMARTS) is 1. The standard InChI is InChI=1S/C15H19N3O3/c1-3-12(19)9-18-13(14(15(20)21)16-17-18)8-11-6-4-5-10(2)7-11/h4-7,12,19H,3,8-9H2,1-2H3,(H,20,21). The lowest BCUT2D eigenvalue weighted by molar-refractivity contribution is 0.0689. The lowest BCUT2D eigenvalue weighted by atomic mass is 10.1. The van der Waals surface area contributed by atoms with Crippen LogP contribution in [0, 0.1) is 6.92 Å². The highest BCUT2D eigenvalue weighted by atomic mass is 16.4. The third-order valence-electron chi connectivity index (χ3n) is 3.35. The van der Waals surface area contributed by atoms with E-state index in [2.05, 4.69) is 10.3 Å². The van der Waals surface area contributed by atoms with E-state index < -0.39 is 12.1 Å². The number of aliphatic hydroxyl groups excluding tert-OH is 1. The first-order valence-electron chi connectivity index (χ1n) is 6.90. The van der Waals surface area contributed by atoms with E-state index in [1.165, 1.54) is 4.68 Å². The molecule has 1 heterocycles. The molecule has 2 aromatic rings. The number of aryl methyl sites for hydroxylation is 1. The highest BCUT2D eigenvalue weighted by Gasteiger charge is 2.20. The number of hydrogen-bond donors (Lipinski definition) is 2. The van der Waals surface area contributed by atoms with E-state index in [-0.39, 0.29) is 12.2 Å². The summed E-state index contributed by atoms with van der Waals surface area (Å²) in [7, 11) is 0. The quantitative estimate of drug-likeness (QED) is 0.844. The SMILES string of the molecule is CCC(O)Cn1nnc(C(=O)O)c1Cc1cccc(C)c1. The number of nitrogens with zero attached hydrogens (tertiary/aromatic N) is 3. The summed E-state index contributed by atoms with van der Waals surface area (Å²) in [6.45, 7) is 4.09. The van der Waals surface area contributed by atoms with Gasteiger partial charge >= 0.3 is 5.97 Å². The third-order valence-corrected chi connectivity index (χ3v) is 3.35. The Morgan fingerprint density at radius 2 is 2.19 bits per heavy atom. The van der Waals surface area contributed by atoms with Crippen molar-refractivity contribution >= 4 is 5.97 Å². The van der Waals surface area contributed by atoms with Crippen molar-refractivity contribution in [2.75, 3.05) is 0 Å². The average molecular weight is 289 g/mol. The second-order valence-corrected chi connectivity index (χ2v) is 5.10. The van der Waals surface area contributed by atoms with Crippen molar-refractivity contribution in [3.05, 3.63) is 46.8 Å². The molecule has 2 N–H and O–H groups in total. The molecular weight excluding hydrogens is 270 g/mol. The number of carboxylic acids is 1. The van der Waals surface area contributed by atoms with Crippen molar-refractivity contribution in [1.82, 2.24) is 15.0 Å². The van der Waals surface area contributed by atoms with Gasteiger partial charge in [-0.1, -0.05) is 42.0 Å². The summed E-state index contributed by atoms with van der Waals surface area (Å²) in [4.78, 5) is 11.3. The van der Waals surface area contributed by atoms with Gasteiger partial charge in [-0.25, -0.2) is 9.48 Å². The second kappa shape index (κ2) is 6.49. The first-order chi connectivity index (χ1) is 10.0. The Morgan fingerprint density at radius 1 is 1.43 bits per heavy atom. The van der Waals surface area contributed by atoms with Crippen LogP contribution in [0.5, 0.6) is 0 Å².